The molecule has 1 aromatic carbocycles. The zero-order valence-electron chi connectivity index (χ0n) is 18.5. The Hall–Kier alpha value is -1.59. The largest absolute Gasteiger partial charge is 0.496 e. The molecule has 0 atom stereocenters. The van der Waals surface area contributed by atoms with Gasteiger partial charge in [-0.1, -0.05) is 63.6 Å². The van der Waals surface area contributed by atoms with Gasteiger partial charge in [-0.15, -0.1) is 0 Å². The molecule has 5 nitrogen and oxygen atoms in total. The van der Waals surface area contributed by atoms with Crippen molar-refractivity contribution in [2.75, 3.05) is 46.5 Å². The summed E-state index contributed by atoms with van der Waals surface area (Å²) in [5.41, 5.74) is 1.07. The molecule has 1 aliphatic heterocycles. The van der Waals surface area contributed by atoms with Gasteiger partial charge < -0.3 is 14.4 Å². The lowest BCUT2D eigenvalue weighted by molar-refractivity contribution is -0.132. The summed E-state index contributed by atoms with van der Waals surface area (Å²) in [5.74, 6) is 1.12. The lowest BCUT2D eigenvalue weighted by Gasteiger charge is -2.30. The number of rotatable bonds is 14. The third-order valence-electron chi connectivity index (χ3n) is 5.69. The number of para-hydroxylation sites is 1. The van der Waals surface area contributed by atoms with Crippen molar-refractivity contribution in [1.29, 1.82) is 0 Å². The maximum absolute atomic E-state index is 13.0. The van der Waals surface area contributed by atoms with Crippen LogP contribution in [0.25, 0.3) is 0 Å². The number of carbonyl (C=O) groups excluding carboxylic acids is 1. The van der Waals surface area contributed by atoms with E-state index in [0.29, 0.717) is 13.0 Å². The summed E-state index contributed by atoms with van der Waals surface area (Å²) in [6.45, 7) is 8.00. The van der Waals surface area contributed by atoms with Crippen molar-refractivity contribution in [3.05, 3.63) is 29.8 Å². The standard InChI is InChI=1S/C24H40N2O3/c1-3-4-5-6-7-8-9-14-24(27)26(16-15-25-17-19-29-20-18-25)21-22-12-10-11-13-23(22)28-2/h10-13H,3-9,14-21H2,1-2H3. The van der Waals surface area contributed by atoms with E-state index < -0.39 is 0 Å². The number of amides is 1. The molecule has 1 fully saturated rings. The number of hydrogen-bond acceptors (Lipinski definition) is 4. The van der Waals surface area contributed by atoms with Gasteiger partial charge >= 0.3 is 0 Å². The Morgan fingerprint density at radius 1 is 1.07 bits per heavy atom. The second-order valence-electron chi connectivity index (χ2n) is 7.95. The van der Waals surface area contributed by atoms with Crippen molar-refractivity contribution in [1.82, 2.24) is 9.80 Å². The van der Waals surface area contributed by atoms with Crippen LogP contribution in [0.4, 0.5) is 0 Å². The van der Waals surface area contributed by atoms with E-state index in [2.05, 4.69) is 17.9 Å². The van der Waals surface area contributed by atoms with Gasteiger partial charge in [-0.25, -0.2) is 0 Å². The Labute approximate surface area is 177 Å². The summed E-state index contributed by atoms with van der Waals surface area (Å²) in [4.78, 5) is 17.4. The summed E-state index contributed by atoms with van der Waals surface area (Å²) in [7, 11) is 1.69. The predicted molar refractivity (Wildman–Crippen MR) is 118 cm³/mol. The number of hydrogen-bond donors (Lipinski definition) is 0. The summed E-state index contributed by atoms with van der Waals surface area (Å²) >= 11 is 0. The van der Waals surface area contributed by atoms with Crippen molar-refractivity contribution in [3.63, 3.8) is 0 Å². The molecular weight excluding hydrogens is 364 g/mol. The SMILES string of the molecule is CCCCCCCCCC(=O)N(CCN1CCOCC1)Cc1ccccc1OC. The molecule has 164 valence electrons. The van der Waals surface area contributed by atoms with E-state index >= 15 is 0 Å². The number of methoxy groups -OCH3 is 1. The molecule has 29 heavy (non-hydrogen) atoms. The quantitative estimate of drug-likeness (QED) is 0.428. The number of nitrogens with zero attached hydrogens (tertiary/aromatic N) is 2. The lowest BCUT2D eigenvalue weighted by Crippen LogP contribution is -2.42. The minimum atomic E-state index is 0.262. The Morgan fingerprint density at radius 2 is 1.76 bits per heavy atom. The summed E-state index contributed by atoms with van der Waals surface area (Å²) in [6.07, 6.45) is 9.26. The van der Waals surface area contributed by atoms with Crippen molar-refractivity contribution < 1.29 is 14.3 Å². The Bertz CT molecular complexity index is 573. The third kappa shape index (κ3) is 9.18. The van der Waals surface area contributed by atoms with Crippen LogP contribution in [0.1, 0.15) is 63.9 Å². The molecule has 0 saturated carbocycles. The molecule has 0 spiro atoms. The van der Waals surface area contributed by atoms with Gasteiger partial charge in [0.25, 0.3) is 0 Å². The third-order valence-corrected chi connectivity index (χ3v) is 5.69. The number of unbranched alkanes of at least 4 members (excludes halogenated alkanes) is 6. The van der Waals surface area contributed by atoms with E-state index in [1.165, 1.54) is 32.1 Å². The minimum absolute atomic E-state index is 0.262. The van der Waals surface area contributed by atoms with Gasteiger partial charge in [0.15, 0.2) is 0 Å². The second kappa shape index (κ2) is 14.4. The Balaban J connectivity index is 1.85. The molecule has 1 aromatic rings. The Morgan fingerprint density at radius 3 is 2.48 bits per heavy atom. The normalized spacial score (nSPS) is 14.7. The van der Waals surface area contributed by atoms with Gasteiger partial charge in [-0.2, -0.15) is 0 Å². The molecule has 1 aliphatic rings. The van der Waals surface area contributed by atoms with Gasteiger partial charge in [-0.05, 0) is 12.5 Å². The van der Waals surface area contributed by atoms with E-state index in [1.807, 2.05) is 23.1 Å². The Kier molecular flexibility index (Phi) is 11.8. The first kappa shape index (κ1) is 23.7. The highest BCUT2D eigenvalue weighted by atomic mass is 16.5. The van der Waals surface area contributed by atoms with Crippen LogP contribution < -0.4 is 4.74 Å². The van der Waals surface area contributed by atoms with Crippen LogP contribution in [0.5, 0.6) is 5.75 Å². The van der Waals surface area contributed by atoms with E-state index in [-0.39, 0.29) is 5.91 Å². The summed E-state index contributed by atoms with van der Waals surface area (Å²) < 4.78 is 10.9. The predicted octanol–water partition coefficient (Wildman–Crippen LogP) is 4.50. The van der Waals surface area contributed by atoms with Crippen molar-refractivity contribution in [2.24, 2.45) is 0 Å². The first-order valence-corrected chi connectivity index (χ1v) is 11.4. The van der Waals surface area contributed by atoms with Crippen LogP contribution in [-0.4, -0.2) is 62.2 Å². The van der Waals surface area contributed by atoms with Gasteiger partial charge in [-0.3, -0.25) is 9.69 Å². The highest BCUT2D eigenvalue weighted by molar-refractivity contribution is 5.76. The van der Waals surface area contributed by atoms with Gasteiger partial charge in [0.05, 0.1) is 20.3 Å². The summed E-state index contributed by atoms with van der Waals surface area (Å²) in [5, 5.41) is 0. The average molecular weight is 405 g/mol. The van der Waals surface area contributed by atoms with Crippen molar-refractivity contribution >= 4 is 5.91 Å². The number of benzene rings is 1. The smallest absolute Gasteiger partial charge is 0.222 e. The molecule has 2 rings (SSSR count). The molecule has 5 heteroatoms. The molecule has 0 radical (unpaired) electrons. The van der Waals surface area contributed by atoms with Crippen LogP contribution in [0, 0.1) is 0 Å². The molecule has 1 saturated heterocycles. The van der Waals surface area contributed by atoms with E-state index in [9.17, 15) is 4.79 Å². The highest BCUT2D eigenvalue weighted by Gasteiger charge is 2.18. The maximum Gasteiger partial charge on any atom is 0.222 e. The fourth-order valence-corrected chi connectivity index (χ4v) is 3.81. The number of ether oxygens (including phenoxy) is 2. The first-order chi connectivity index (χ1) is 14.2. The van der Waals surface area contributed by atoms with Crippen molar-refractivity contribution in [2.45, 2.75) is 64.8 Å². The zero-order valence-corrected chi connectivity index (χ0v) is 18.5. The van der Waals surface area contributed by atoms with Gasteiger partial charge in [0.1, 0.15) is 5.75 Å². The second-order valence-corrected chi connectivity index (χ2v) is 7.95. The van der Waals surface area contributed by atoms with Crippen LogP contribution in [0.2, 0.25) is 0 Å². The fourth-order valence-electron chi connectivity index (χ4n) is 3.81. The fraction of sp³-hybridized carbons (Fsp3) is 0.708. The minimum Gasteiger partial charge on any atom is -0.496 e. The average Bonchev–Trinajstić information content (AvgIpc) is 2.76. The first-order valence-electron chi connectivity index (χ1n) is 11.4. The molecule has 1 amide bonds. The van der Waals surface area contributed by atoms with E-state index in [1.54, 1.807) is 7.11 Å². The van der Waals surface area contributed by atoms with Crippen LogP contribution in [0.3, 0.4) is 0 Å². The molecule has 0 bridgehead atoms. The molecular formula is C24H40N2O3. The van der Waals surface area contributed by atoms with E-state index in [0.717, 1.165) is 63.5 Å². The maximum atomic E-state index is 13.0. The lowest BCUT2D eigenvalue weighted by atomic mass is 10.1. The van der Waals surface area contributed by atoms with Gasteiger partial charge in [0.2, 0.25) is 5.91 Å². The summed E-state index contributed by atoms with van der Waals surface area (Å²) in [6, 6.07) is 8.01. The van der Waals surface area contributed by atoms with Crippen molar-refractivity contribution in [3.8, 4) is 5.75 Å². The number of morpholine rings is 1. The molecule has 0 unspecified atom stereocenters. The van der Waals surface area contributed by atoms with E-state index in [4.69, 9.17) is 9.47 Å². The monoisotopic (exact) mass is 404 g/mol. The number of carbonyl (C=O) groups is 1. The zero-order chi connectivity index (χ0) is 20.7. The van der Waals surface area contributed by atoms with Crippen LogP contribution in [-0.2, 0) is 16.1 Å². The highest BCUT2D eigenvalue weighted by Crippen LogP contribution is 2.20. The van der Waals surface area contributed by atoms with Crippen LogP contribution in [0.15, 0.2) is 24.3 Å². The molecule has 0 aromatic heterocycles. The molecule has 0 N–H and O–H groups in total. The molecule has 0 aliphatic carbocycles. The molecule has 1 heterocycles. The van der Waals surface area contributed by atoms with Crippen LogP contribution >= 0.6 is 0 Å². The topological polar surface area (TPSA) is 42.0 Å². The van der Waals surface area contributed by atoms with Gasteiger partial charge in [0, 0.05) is 44.7 Å².